The third-order valence-corrected chi connectivity index (χ3v) is 3.86. The van der Waals surface area contributed by atoms with E-state index in [1.165, 1.54) is 17.9 Å². The average Bonchev–Trinajstić information content (AvgIpc) is 2.47. The molecule has 0 saturated carbocycles. The molecule has 0 aromatic heterocycles. The van der Waals surface area contributed by atoms with Crippen LogP contribution in [0.1, 0.15) is 37.5 Å². The molecule has 1 atom stereocenters. The third kappa shape index (κ3) is 5.63. The Kier molecular flexibility index (Phi) is 5.66. The first-order valence-electron chi connectivity index (χ1n) is 8.22. The second kappa shape index (κ2) is 7.23. The van der Waals surface area contributed by atoms with Gasteiger partial charge in [-0.1, -0.05) is 12.1 Å². The summed E-state index contributed by atoms with van der Waals surface area (Å²) in [6.45, 7) is 7.84. The number of ether oxygens (including phenoxy) is 2. The lowest BCUT2D eigenvalue weighted by Crippen LogP contribution is -2.48. The zero-order chi connectivity index (χ0) is 18.8. The number of halogens is 3. The van der Waals surface area contributed by atoms with E-state index in [0.717, 1.165) is 6.07 Å². The minimum Gasteiger partial charge on any atom is -0.444 e. The molecule has 4 nitrogen and oxygen atoms in total. The van der Waals surface area contributed by atoms with E-state index < -0.39 is 23.4 Å². The maximum atomic E-state index is 13.0. The van der Waals surface area contributed by atoms with Crippen LogP contribution in [0, 0.1) is 6.92 Å². The van der Waals surface area contributed by atoms with Crippen molar-refractivity contribution in [2.24, 2.45) is 0 Å². The molecule has 0 unspecified atom stereocenters. The highest BCUT2D eigenvalue weighted by atomic mass is 19.4. The maximum Gasteiger partial charge on any atom is 0.416 e. The molecule has 140 valence electrons. The summed E-state index contributed by atoms with van der Waals surface area (Å²) in [6, 6.07) is 4.29. The van der Waals surface area contributed by atoms with Gasteiger partial charge in [-0.25, -0.2) is 4.79 Å². The molecule has 0 aliphatic carbocycles. The highest BCUT2D eigenvalue weighted by Crippen LogP contribution is 2.32. The van der Waals surface area contributed by atoms with E-state index in [1.807, 2.05) is 0 Å². The number of hydrogen-bond acceptors (Lipinski definition) is 3. The Balaban J connectivity index is 2.04. The molecule has 1 aromatic rings. The van der Waals surface area contributed by atoms with Crippen molar-refractivity contribution in [3.63, 3.8) is 0 Å². The van der Waals surface area contributed by atoms with Gasteiger partial charge in [0.1, 0.15) is 5.60 Å². The fourth-order valence-corrected chi connectivity index (χ4v) is 2.70. The Hall–Kier alpha value is -1.76. The number of nitrogens with zero attached hydrogens (tertiary/aromatic N) is 1. The van der Waals surface area contributed by atoms with Gasteiger partial charge in [0.2, 0.25) is 0 Å². The van der Waals surface area contributed by atoms with Gasteiger partial charge in [-0.05, 0) is 44.9 Å². The summed E-state index contributed by atoms with van der Waals surface area (Å²) >= 11 is 0. The molecule has 0 N–H and O–H groups in total. The van der Waals surface area contributed by atoms with Gasteiger partial charge in [-0.3, -0.25) is 0 Å². The molecule has 0 spiro atoms. The van der Waals surface area contributed by atoms with Gasteiger partial charge < -0.3 is 14.4 Å². The Morgan fingerprint density at radius 3 is 2.60 bits per heavy atom. The Bertz CT molecular complexity index is 623. The van der Waals surface area contributed by atoms with E-state index in [-0.39, 0.29) is 11.7 Å². The van der Waals surface area contributed by atoms with Crippen LogP contribution in [0.5, 0.6) is 0 Å². The second-order valence-corrected chi connectivity index (χ2v) is 7.27. The lowest BCUT2D eigenvalue weighted by molar-refractivity contribution is -0.138. The standard InChI is InChI=1S/C18H24F3NO3/c1-12-5-6-13(10-15(12)18(19,20)21)9-14-11-22(7-8-24-14)16(23)25-17(2,3)4/h5-6,10,14H,7-9,11H2,1-4H3/t14-/m1/s1. The minimum absolute atomic E-state index is 0.191. The molecule has 1 heterocycles. The van der Waals surface area contributed by atoms with Crippen LogP contribution in [0.25, 0.3) is 0 Å². The normalized spacial score (nSPS) is 19.0. The zero-order valence-electron chi connectivity index (χ0n) is 14.9. The summed E-state index contributed by atoms with van der Waals surface area (Å²) in [5.74, 6) is 0. The molecule has 0 radical (unpaired) electrons. The van der Waals surface area contributed by atoms with Gasteiger partial charge >= 0.3 is 12.3 Å². The molecule has 1 amide bonds. The summed E-state index contributed by atoms with van der Waals surface area (Å²) in [7, 11) is 0. The van der Waals surface area contributed by atoms with Gasteiger partial charge in [0.05, 0.1) is 24.8 Å². The fourth-order valence-electron chi connectivity index (χ4n) is 2.70. The smallest absolute Gasteiger partial charge is 0.416 e. The van der Waals surface area contributed by atoms with E-state index in [9.17, 15) is 18.0 Å². The van der Waals surface area contributed by atoms with Crippen molar-refractivity contribution < 1.29 is 27.4 Å². The highest BCUT2D eigenvalue weighted by molar-refractivity contribution is 5.68. The van der Waals surface area contributed by atoms with Gasteiger partial charge in [-0.15, -0.1) is 0 Å². The molecule has 1 aliphatic rings. The fraction of sp³-hybridized carbons (Fsp3) is 0.611. The number of benzene rings is 1. The van der Waals surface area contributed by atoms with Crippen LogP contribution in [-0.4, -0.2) is 42.4 Å². The quantitative estimate of drug-likeness (QED) is 0.795. The first-order chi connectivity index (χ1) is 11.5. The summed E-state index contributed by atoms with van der Waals surface area (Å²) < 4.78 is 50.1. The van der Waals surface area contributed by atoms with Crippen molar-refractivity contribution in [1.29, 1.82) is 0 Å². The maximum absolute atomic E-state index is 13.0. The Morgan fingerprint density at radius 1 is 1.32 bits per heavy atom. The van der Waals surface area contributed by atoms with Gasteiger partial charge in [0, 0.05) is 13.0 Å². The van der Waals surface area contributed by atoms with E-state index in [4.69, 9.17) is 9.47 Å². The number of carbonyl (C=O) groups excluding carboxylic acids is 1. The zero-order valence-corrected chi connectivity index (χ0v) is 14.9. The predicted octanol–water partition coefficient (Wildman–Crippen LogP) is 4.19. The van der Waals surface area contributed by atoms with Crippen molar-refractivity contribution in [2.75, 3.05) is 19.7 Å². The first-order valence-corrected chi connectivity index (χ1v) is 8.22. The number of morpholine rings is 1. The number of carbonyl (C=O) groups is 1. The lowest BCUT2D eigenvalue weighted by atomic mass is 10.00. The van der Waals surface area contributed by atoms with Gasteiger partial charge in [0.25, 0.3) is 0 Å². The van der Waals surface area contributed by atoms with Crippen LogP contribution in [0.15, 0.2) is 18.2 Å². The van der Waals surface area contributed by atoms with E-state index >= 15 is 0 Å². The summed E-state index contributed by atoms with van der Waals surface area (Å²) in [4.78, 5) is 13.7. The summed E-state index contributed by atoms with van der Waals surface area (Å²) in [5, 5.41) is 0. The van der Waals surface area contributed by atoms with Crippen molar-refractivity contribution in [3.05, 3.63) is 34.9 Å². The van der Waals surface area contributed by atoms with Gasteiger partial charge in [0.15, 0.2) is 0 Å². The molecule has 1 fully saturated rings. The van der Waals surface area contributed by atoms with Crippen LogP contribution in [-0.2, 0) is 22.1 Å². The predicted molar refractivity (Wildman–Crippen MR) is 87.4 cm³/mol. The SMILES string of the molecule is Cc1ccc(C[C@@H]2CN(C(=O)OC(C)(C)C)CCO2)cc1C(F)(F)F. The van der Waals surface area contributed by atoms with Crippen LogP contribution < -0.4 is 0 Å². The molecule has 1 aromatic carbocycles. The van der Waals surface area contributed by atoms with Crippen molar-refractivity contribution in [3.8, 4) is 0 Å². The molecule has 7 heteroatoms. The van der Waals surface area contributed by atoms with Crippen LogP contribution >= 0.6 is 0 Å². The van der Waals surface area contributed by atoms with Crippen LogP contribution in [0.2, 0.25) is 0 Å². The molecule has 1 aliphatic heterocycles. The lowest BCUT2D eigenvalue weighted by Gasteiger charge is -2.34. The van der Waals surface area contributed by atoms with Crippen molar-refractivity contribution >= 4 is 6.09 Å². The second-order valence-electron chi connectivity index (χ2n) is 7.27. The largest absolute Gasteiger partial charge is 0.444 e. The number of rotatable bonds is 2. The number of amides is 1. The van der Waals surface area contributed by atoms with E-state index in [1.54, 1.807) is 26.8 Å². The number of alkyl halides is 3. The Labute approximate surface area is 145 Å². The van der Waals surface area contributed by atoms with Crippen molar-refractivity contribution in [1.82, 2.24) is 4.90 Å². The third-order valence-electron chi connectivity index (χ3n) is 3.86. The number of hydrogen-bond donors (Lipinski definition) is 0. The monoisotopic (exact) mass is 359 g/mol. The highest BCUT2D eigenvalue weighted by Gasteiger charge is 2.33. The van der Waals surface area contributed by atoms with Crippen molar-refractivity contribution in [2.45, 2.75) is 52.0 Å². The first kappa shape index (κ1) is 19.6. The molecular formula is C18H24F3NO3. The topological polar surface area (TPSA) is 38.8 Å². The van der Waals surface area contributed by atoms with Crippen LogP contribution in [0.4, 0.5) is 18.0 Å². The molecule has 2 rings (SSSR count). The minimum atomic E-state index is -4.38. The van der Waals surface area contributed by atoms with E-state index in [2.05, 4.69) is 0 Å². The molecule has 0 bridgehead atoms. The van der Waals surface area contributed by atoms with Gasteiger partial charge in [-0.2, -0.15) is 13.2 Å². The summed E-state index contributed by atoms with van der Waals surface area (Å²) in [5.41, 5.74) is -0.501. The molecule has 1 saturated heterocycles. The Morgan fingerprint density at radius 2 is 2.00 bits per heavy atom. The number of aryl methyl sites for hydroxylation is 1. The molecular weight excluding hydrogens is 335 g/mol. The average molecular weight is 359 g/mol. The van der Waals surface area contributed by atoms with E-state index in [0.29, 0.717) is 31.7 Å². The van der Waals surface area contributed by atoms with Crippen LogP contribution in [0.3, 0.4) is 0 Å². The summed E-state index contributed by atoms with van der Waals surface area (Å²) in [6.07, 6.45) is -4.86. The molecule has 25 heavy (non-hydrogen) atoms.